The Balaban J connectivity index is 1.97. The standard InChI is InChI=1S/C16H25N3O/c1-13-3-5-14(6-4-13)11-15(12-17)16(20)19-9-7-18(2)8-10-19/h3-6,15H,7-12,17H2,1-2H3. The number of amides is 1. The second-order valence-corrected chi connectivity index (χ2v) is 5.75. The molecule has 1 aromatic carbocycles. The van der Waals surface area contributed by atoms with Crippen LogP contribution in [0.5, 0.6) is 0 Å². The summed E-state index contributed by atoms with van der Waals surface area (Å²) in [7, 11) is 2.09. The minimum atomic E-state index is -0.0962. The van der Waals surface area contributed by atoms with Crippen molar-refractivity contribution in [3.05, 3.63) is 35.4 Å². The molecule has 1 saturated heterocycles. The molecule has 2 rings (SSSR count). The molecule has 20 heavy (non-hydrogen) atoms. The first-order valence-electron chi connectivity index (χ1n) is 7.33. The van der Waals surface area contributed by atoms with E-state index in [1.165, 1.54) is 11.1 Å². The van der Waals surface area contributed by atoms with Crippen LogP contribution in [-0.4, -0.2) is 55.5 Å². The normalized spacial score (nSPS) is 18.1. The smallest absolute Gasteiger partial charge is 0.227 e. The molecule has 4 nitrogen and oxygen atoms in total. The third kappa shape index (κ3) is 3.81. The first kappa shape index (κ1) is 15.0. The lowest BCUT2D eigenvalue weighted by molar-refractivity contribution is -0.136. The summed E-state index contributed by atoms with van der Waals surface area (Å²) in [5.41, 5.74) is 8.26. The first-order chi connectivity index (χ1) is 9.60. The van der Waals surface area contributed by atoms with Crippen molar-refractivity contribution in [1.29, 1.82) is 0 Å². The number of piperazine rings is 1. The van der Waals surface area contributed by atoms with Crippen LogP contribution >= 0.6 is 0 Å². The van der Waals surface area contributed by atoms with Crippen molar-refractivity contribution in [1.82, 2.24) is 9.80 Å². The molecule has 1 unspecified atom stereocenters. The molecule has 2 N–H and O–H groups in total. The van der Waals surface area contributed by atoms with Crippen molar-refractivity contribution >= 4 is 5.91 Å². The molecule has 0 spiro atoms. The average molecular weight is 275 g/mol. The van der Waals surface area contributed by atoms with E-state index in [1.807, 2.05) is 4.90 Å². The van der Waals surface area contributed by atoms with Crippen LogP contribution in [0.4, 0.5) is 0 Å². The molecule has 1 aromatic rings. The maximum Gasteiger partial charge on any atom is 0.227 e. The Morgan fingerprint density at radius 1 is 1.20 bits per heavy atom. The average Bonchev–Trinajstić information content (AvgIpc) is 2.47. The zero-order chi connectivity index (χ0) is 14.5. The number of nitrogens with two attached hydrogens (primary N) is 1. The van der Waals surface area contributed by atoms with Crippen molar-refractivity contribution in [3.63, 3.8) is 0 Å². The summed E-state index contributed by atoms with van der Waals surface area (Å²) in [6, 6.07) is 8.36. The van der Waals surface area contributed by atoms with Gasteiger partial charge in [0.1, 0.15) is 0 Å². The summed E-state index contributed by atoms with van der Waals surface area (Å²) in [5, 5.41) is 0. The highest BCUT2D eigenvalue weighted by Crippen LogP contribution is 2.13. The van der Waals surface area contributed by atoms with Gasteiger partial charge in [-0.05, 0) is 26.0 Å². The van der Waals surface area contributed by atoms with Gasteiger partial charge in [0.15, 0.2) is 0 Å². The molecule has 110 valence electrons. The molecule has 1 aliphatic heterocycles. The van der Waals surface area contributed by atoms with Gasteiger partial charge in [0, 0.05) is 32.7 Å². The van der Waals surface area contributed by atoms with Gasteiger partial charge in [0.05, 0.1) is 5.92 Å². The van der Waals surface area contributed by atoms with Gasteiger partial charge >= 0.3 is 0 Å². The van der Waals surface area contributed by atoms with E-state index < -0.39 is 0 Å². The molecule has 0 aliphatic carbocycles. The van der Waals surface area contributed by atoms with Crippen LogP contribution in [0.2, 0.25) is 0 Å². The van der Waals surface area contributed by atoms with Crippen LogP contribution in [0, 0.1) is 12.8 Å². The second kappa shape index (κ2) is 6.86. The SMILES string of the molecule is Cc1ccc(CC(CN)C(=O)N2CCN(C)CC2)cc1. The van der Waals surface area contributed by atoms with Gasteiger partial charge in [-0.15, -0.1) is 0 Å². The number of hydrogen-bond donors (Lipinski definition) is 1. The summed E-state index contributed by atoms with van der Waals surface area (Å²) >= 11 is 0. The number of likely N-dealkylation sites (N-methyl/N-ethyl adjacent to an activating group) is 1. The number of benzene rings is 1. The van der Waals surface area contributed by atoms with Crippen LogP contribution < -0.4 is 5.73 Å². The van der Waals surface area contributed by atoms with E-state index in [2.05, 4.69) is 43.1 Å². The molecular weight excluding hydrogens is 250 g/mol. The molecule has 0 saturated carbocycles. The fourth-order valence-corrected chi connectivity index (χ4v) is 2.57. The predicted octanol–water partition coefficient (Wildman–Crippen LogP) is 0.886. The molecule has 1 aliphatic rings. The zero-order valence-electron chi connectivity index (χ0n) is 12.5. The molecule has 1 fully saturated rings. The minimum absolute atomic E-state index is 0.0962. The van der Waals surface area contributed by atoms with E-state index in [4.69, 9.17) is 5.73 Å². The first-order valence-corrected chi connectivity index (χ1v) is 7.33. The Hall–Kier alpha value is -1.39. The molecule has 4 heteroatoms. The van der Waals surface area contributed by atoms with Gasteiger partial charge in [-0.2, -0.15) is 0 Å². The molecule has 0 bridgehead atoms. The van der Waals surface area contributed by atoms with Crippen LogP contribution in [0.25, 0.3) is 0 Å². The summed E-state index contributed by atoms with van der Waals surface area (Å²) in [6.07, 6.45) is 0.738. The predicted molar refractivity (Wildman–Crippen MR) is 81.5 cm³/mol. The van der Waals surface area contributed by atoms with Crippen molar-refractivity contribution in [3.8, 4) is 0 Å². The van der Waals surface area contributed by atoms with Gasteiger partial charge in [0.25, 0.3) is 0 Å². The Morgan fingerprint density at radius 2 is 1.80 bits per heavy atom. The molecule has 0 aromatic heterocycles. The summed E-state index contributed by atoms with van der Waals surface area (Å²) in [5.74, 6) is 0.113. The van der Waals surface area contributed by atoms with E-state index in [0.29, 0.717) is 6.54 Å². The minimum Gasteiger partial charge on any atom is -0.340 e. The van der Waals surface area contributed by atoms with Gasteiger partial charge in [0.2, 0.25) is 5.91 Å². The third-order valence-corrected chi connectivity index (χ3v) is 4.05. The lowest BCUT2D eigenvalue weighted by atomic mass is 9.97. The van der Waals surface area contributed by atoms with Crippen molar-refractivity contribution in [2.24, 2.45) is 11.7 Å². The Labute approximate surface area is 121 Å². The largest absolute Gasteiger partial charge is 0.340 e. The number of carbonyl (C=O) groups is 1. The molecule has 1 amide bonds. The van der Waals surface area contributed by atoms with Gasteiger partial charge in [-0.1, -0.05) is 29.8 Å². The maximum absolute atomic E-state index is 12.5. The molecular formula is C16H25N3O. The molecule has 1 atom stereocenters. The fraction of sp³-hybridized carbons (Fsp3) is 0.562. The Bertz CT molecular complexity index is 436. The van der Waals surface area contributed by atoms with E-state index in [-0.39, 0.29) is 11.8 Å². The van der Waals surface area contributed by atoms with Crippen molar-refractivity contribution in [2.45, 2.75) is 13.3 Å². The zero-order valence-corrected chi connectivity index (χ0v) is 12.5. The van der Waals surface area contributed by atoms with Crippen molar-refractivity contribution < 1.29 is 4.79 Å². The monoisotopic (exact) mass is 275 g/mol. The Morgan fingerprint density at radius 3 is 2.35 bits per heavy atom. The van der Waals surface area contributed by atoms with E-state index >= 15 is 0 Å². The van der Waals surface area contributed by atoms with Gasteiger partial charge < -0.3 is 15.5 Å². The second-order valence-electron chi connectivity index (χ2n) is 5.75. The van der Waals surface area contributed by atoms with Crippen LogP contribution in [-0.2, 0) is 11.2 Å². The lowest BCUT2D eigenvalue weighted by Crippen LogP contribution is -2.50. The van der Waals surface area contributed by atoms with Crippen LogP contribution in [0.15, 0.2) is 24.3 Å². The van der Waals surface area contributed by atoms with E-state index in [0.717, 1.165) is 32.6 Å². The van der Waals surface area contributed by atoms with Crippen LogP contribution in [0.1, 0.15) is 11.1 Å². The highest BCUT2D eigenvalue weighted by Gasteiger charge is 2.25. The van der Waals surface area contributed by atoms with Gasteiger partial charge in [-0.3, -0.25) is 4.79 Å². The summed E-state index contributed by atoms with van der Waals surface area (Å²) in [6.45, 7) is 6.03. The fourth-order valence-electron chi connectivity index (χ4n) is 2.57. The van der Waals surface area contributed by atoms with E-state index in [1.54, 1.807) is 0 Å². The molecule has 1 heterocycles. The Kier molecular flexibility index (Phi) is 5.15. The lowest BCUT2D eigenvalue weighted by Gasteiger charge is -2.34. The summed E-state index contributed by atoms with van der Waals surface area (Å²) < 4.78 is 0. The van der Waals surface area contributed by atoms with Crippen molar-refractivity contribution in [2.75, 3.05) is 39.8 Å². The summed E-state index contributed by atoms with van der Waals surface area (Å²) in [4.78, 5) is 16.7. The highest BCUT2D eigenvalue weighted by molar-refractivity contribution is 5.79. The number of aryl methyl sites for hydroxylation is 1. The number of carbonyl (C=O) groups excluding carboxylic acids is 1. The molecule has 0 radical (unpaired) electrons. The number of rotatable bonds is 4. The van der Waals surface area contributed by atoms with Crippen LogP contribution in [0.3, 0.4) is 0 Å². The number of nitrogens with zero attached hydrogens (tertiary/aromatic N) is 2. The third-order valence-electron chi connectivity index (χ3n) is 4.05. The quantitative estimate of drug-likeness (QED) is 0.888. The maximum atomic E-state index is 12.5. The number of hydrogen-bond acceptors (Lipinski definition) is 3. The van der Waals surface area contributed by atoms with Gasteiger partial charge in [-0.25, -0.2) is 0 Å². The van der Waals surface area contributed by atoms with E-state index in [9.17, 15) is 4.79 Å². The topological polar surface area (TPSA) is 49.6 Å². The highest BCUT2D eigenvalue weighted by atomic mass is 16.2.